The van der Waals surface area contributed by atoms with Crippen molar-refractivity contribution in [3.8, 4) is 17.2 Å². The van der Waals surface area contributed by atoms with Crippen LogP contribution in [0, 0.1) is 5.92 Å². The second-order valence-corrected chi connectivity index (χ2v) is 8.23. The molecule has 0 amide bonds. The standard InChI is InChI=1S/C24H21BrO3/c1-26-16-9-7-14(8-10-16)23-18-12-20(25)22(27-2)13-21(18)28-24-17-6-4-3-5-15(17)11-19(23)24/h3-10,12-13,19,23-24H,11H2,1-2H3/t19-,23-,24-/m0/s1. The minimum absolute atomic E-state index is 0.0571. The Labute approximate surface area is 173 Å². The maximum absolute atomic E-state index is 6.55. The molecule has 0 N–H and O–H groups in total. The Hall–Kier alpha value is -2.46. The van der Waals surface area contributed by atoms with Crippen LogP contribution >= 0.6 is 15.9 Å². The highest BCUT2D eigenvalue weighted by Crippen LogP contribution is 2.55. The maximum Gasteiger partial charge on any atom is 0.136 e. The molecule has 3 aromatic carbocycles. The highest BCUT2D eigenvalue weighted by Gasteiger charge is 2.45. The summed E-state index contributed by atoms with van der Waals surface area (Å²) in [5, 5.41) is 0. The van der Waals surface area contributed by atoms with Gasteiger partial charge in [0.05, 0.1) is 18.7 Å². The van der Waals surface area contributed by atoms with Crippen molar-refractivity contribution in [1.82, 2.24) is 0 Å². The highest BCUT2D eigenvalue weighted by atomic mass is 79.9. The molecule has 0 spiro atoms. The monoisotopic (exact) mass is 436 g/mol. The Bertz CT molecular complexity index is 1030. The number of hydrogen-bond donors (Lipinski definition) is 0. The Kier molecular flexibility index (Phi) is 4.31. The summed E-state index contributed by atoms with van der Waals surface area (Å²) < 4.78 is 18.4. The van der Waals surface area contributed by atoms with E-state index in [1.165, 1.54) is 22.3 Å². The number of hydrogen-bond acceptors (Lipinski definition) is 3. The quantitative estimate of drug-likeness (QED) is 0.510. The summed E-state index contributed by atoms with van der Waals surface area (Å²) in [6, 6.07) is 21.2. The molecule has 142 valence electrons. The topological polar surface area (TPSA) is 27.7 Å². The van der Waals surface area contributed by atoms with Gasteiger partial charge in [-0.1, -0.05) is 36.4 Å². The summed E-state index contributed by atoms with van der Waals surface area (Å²) >= 11 is 3.66. The maximum atomic E-state index is 6.55. The van der Waals surface area contributed by atoms with E-state index in [2.05, 4.69) is 58.4 Å². The molecule has 1 aliphatic heterocycles. The average Bonchev–Trinajstić information content (AvgIpc) is 3.10. The van der Waals surface area contributed by atoms with E-state index in [4.69, 9.17) is 14.2 Å². The average molecular weight is 437 g/mol. The summed E-state index contributed by atoms with van der Waals surface area (Å²) in [7, 11) is 3.38. The lowest BCUT2D eigenvalue weighted by molar-refractivity contribution is 0.115. The zero-order valence-electron chi connectivity index (χ0n) is 15.8. The molecule has 0 saturated carbocycles. The highest BCUT2D eigenvalue weighted by molar-refractivity contribution is 9.10. The van der Waals surface area contributed by atoms with E-state index in [-0.39, 0.29) is 12.0 Å². The normalized spacial score (nSPS) is 21.9. The molecule has 3 atom stereocenters. The van der Waals surface area contributed by atoms with Gasteiger partial charge >= 0.3 is 0 Å². The molecule has 0 unspecified atom stereocenters. The summed E-state index contributed by atoms with van der Waals surface area (Å²) in [4.78, 5) is 0. The minimum atomic E-state index is 0.0571. The van der Waals surface area contributed by atoms with Gasteiger partial charge in [0.2, 0.25) is 0 Å². The van der Waals surface area contributed by atoms with E-state index in [0.717, 1.165) is 28.1 Å². The lowest BCUT2D eigenvalue weighted by atomic mass is 9.76. The molecule has 0 radical (unpaired) electrons. The number of fused-ring (bicyclic) bond motifs is 4. The van der Waals surface area contributed by atoms with Gasteiger partial charge < -0.3 is 14.2 Å². The van der Waals surface area contributed by atoms with Crippen molar-refractivity contribution in [2.75, 3.05) is 14.2 Å². The third kappa shape index (κ3) is 2.70. The molecule has 0 saturated heterocycles. The van der Waals surface area contributed by atoms with Crippen LogP contribution in [0.25, 0.3) is 0 Å². The van der Waals surface area contributed by atoms with E-state index in [1.807, 2.05) is 18.2 Å². The lowest BCUT2D eigenvalue weighted by Gasteiger charge is -2.37. The van der Waals surface area contributed by atoms with Gasteiger partial charge in [-0.3, -0.25) is 0 Å². The Morgan fingerprint density at radius 3 is 2.46 bits per heavy atom. The van der Waals surface area contributed by atoms with Crippen molar-refractivity contribution < 1.29 is 14.2 Å². The molecule has 0 aromatic heterocycles. The summed E-state index contributed by atoms with van der Waals surface area (Å²) in [5.41, 5.74) is 5.17. The van der Waals surface area contributed by atoms with Crippen molar-refractivity contribution in [2.45, 2.75) is 18.4 Å². The van der Waals surface area contributed by atoms with E-state index >= 15 is 0 Å². The van der Waals surface area contributed by atoms with Gasteiger partial charge in [0.25, 0.3) is 0 Å². The summed E-state index contributed by atoms with van der Waals surface area (Å²) in [6.07, 6.45) is 1.07. The molecule has 28 heavy (non-hydrogen) atoms. The van der Waals surface area contributed by atoms with Gasteiger partial charge in [-0.25, -0.2) is 0 Å². The first-order chi connectivity index (χ1) is 13.7. The van der Waals surface area contributed by atoms with Crippen LogP contribution in [0.5, 0.6) is 17.2 Å². The summed E-state index contributed by atoms with van der Waals surface area (Å²) in [6.45, 7) is 0. The second-order valence-electron chi connectivity index (χ2n) is 7.38. The first-order valence-electron chi connectivity index (χ1n) is 9.45. The van der Waals surface area contributed by atoms with E-state index in [0.29, 0.717) is 5.92 Å². The zero-order chi connectivity index (χ0) is 19.3. The number of halogens is 1. The third-order valence-corrected chi connectivity index (χ3v) is 6.60. The van der Waals surface area contributed by atoms with Crippen LogP contribution in [0.15, 0.2) is 65.1 Å². The number of rotatable bonds is 3. The van der Waals surface area contributed by atoms with Crippen LogP contribution in [0.1, 0.15) is 34.3 Å². The minimum Gasteiger partial charge on any atom is -0.497 e. The Morgan fingerprint density at radius 2 is 1.71 bits per heavy atom. The van der Waals surface area contributed by atoms with Crippen molar-refractivity contribution in [3.63, 3.8) is 0 Å². The lowest BCUT2D eigenvalue weighted by Crippen LogP contribution is -2.28. The molecule has 4 heteroatoms. The predicted octanol–water partition coefficient (Wildman–Crippen LogP) is 5.90. The molecule has 1 heterocycles. The molecule has 3 nitrogen and oxygen atoms in total. The van der Waals surface area contributed by atoms with Gasteiger partial charge in [-0.15, -0.1) is 0 Å². The van der Waals surface area contributed by atoms with Crippen molar-refractivity contribution in [2.24, 2.45) is 5.92 Å². The number of benzene rings is 3. The van der Waals surface area contributed by atoms with Crippen molar-refractivity contribution in [3.05, 3.63) is 87.4 Å². The molecule has 1 aliphatic carbocycles. The Balaban J connectivity index is 1.68. The van der Waals surface area contributed by atoms with Crippen LogP contribution in [0.2, 0.25) is 0 Å². The van der Waals surface area contributed by atoms with Gasteiger partial charge in [0, 0.05) is 23.5 Å². The first kappa shape index (κ1) is 17.6. The second kappa shape index (κ2) is 6.85. The number of ether oxygens (including phenoxy) is 3. The van der Waals surface area contributed by atoms with Gasteiger partial charge in [-0.05, 0) is 57.2 Å². The van der Waals surface area contributed by atoms with Gasteiger partial charge in [-0.2, -0.15) is 0 Å². The van der Waals surface area contributed by atoms with Crippen LogP contribution in [0.3, 0.4) is 0 Å². The largest absolute Gasteiger partial charge is 0.497 e. The van der Waals surface area contributed by atoms with E-state index < -0.39 is 0 Å². The van der Waals surface area contributed by atoms with Gasteiger partial charge in [0.15, 0.2) is 0 Å². The Morgan fingerprint density at radius 1 is 0.929 bits per heavy atom. The fourth-order valence-electron chi connectivity index (χ4n) is 4.69. The van der Waals surface area contributed by atoms with E-state index in [9.17, 15) is 0 Å². The zero-order valence-corrected chi connectivity index (χ0v) is 17.4. The summed E-state index contributed by atoms with van der Waals surface area (Å²) in [5.74, 6) is 3.17. The molecule has 3 aromatic rings. The molecule has 0 fully saturated rings. The van der Waals surface area contributed by atoms with Crippen LogP contribution in [-0.4, -0.2) is 14.2 Å². The molecular formula is C24H21BrO3. The third-order valence-electron chi connectivity index (χ3n) is 5.98. The fraction of sp³-hybridized carbons (Fsp3) is 0.250. The predicted molar refractivity (Wildman–Crippen MR) is 113 cm³/mol. The molecular weight excluding hydrogens is 416 g/mol. The van der Waals surface area contributed by atoms with Gasteiger partial charge in [0.1, 0.15) is 23.4 Å². The van der Waals surface area contributed by atoms with Crippen molar-refractivity contribution in [1.29, 1.82) is 0 Å². The van der Waals surface area contributed by atoms with Crippen LogP contribution < -0.4 is 14.2 Å². The fourth-order valence-corrected chi connectivity index (χ4v) is 5.21. The van der Waals surface area contributed by atoms with Crippen LogP contribution in [0.4, 0.5) is 0 Å². The molecule has 0 bridgehead atoms. The number of methoxy groups -OCH3 is 2. The first-order valence-corrected chi connectivity index (χ1v) is 10.2. The van der Waals surface area contributed by atoms with Crippen LogP contribution in [-0.2, 0) is 6.42 Å². The van der Waals surface area contributed by atoms with Crippen molar-refractivity contribution >= 4 is 15.9 Å². The SMILES string of the molecule is COc1ccc([C@H]2c3cc(Br)c(OC)cc3O[C@H]3c4ccccc4C[C@@H]23)cc1. The molecule has 2 aliphatic rings. The van der Waals surface area contributed by atoms with E-state index in [1.54, 1.807) is 14.2 Å². The smallest absolute Gasteiger partial charge is 0.136 e. The molecule has 5 rings (SSSR count).